The van der Waals surface area contributed by atoms with Crippen LogP contribution in [-0.4, -0.2) is 36.2 Å². The predicted molar refractivity (Wildman–Crippen MR) is 65.0 cm³/mol. The molecule has 104 valence electrons. The van der Waals surface area contributed by atoms with Gasteiger partial charge in [0.1, 0.15) is 0 Å². The van der Waals surface area contributed by atoms with E-state index in [9.17, 15) is 14.4 Å². The molecule has 0 bridgehead atoms. The van der Waals surface area contributed by atoms with E-state index in [1.165, 1.54) is 0 Å². The van der Waals surface area contributed by atoms with Gasteiger partial charge in [-0.05, 0) is 12.8 Å². The minimum absolute atomic E-state index is 0.182. The van der Waals surface area contributed by atoms with Crippen LogP contribution in [0.3, 0.4) is 0 Å². The van der Waals surface area contributed by atoms with Crippen LogP contribution >= 0.6 is 0 Å². The molecule has 0 saturated carbocycles. The number of carbonyl (C=O) groups is 3. The first kappa shape index (κ1) is 16.4. The Bertz CT molecular complexity index is 268. The lowest BCUT2D eigenvalue weighted by molar-refractivity contribution is -0.125. The van der Waals surface area contributed by atoms with E-state index in [-0.39, 0.29) is 13.2 Å². The van der Waals surface area contributed by atoms with Gasteiger partial charge in [0.05, 0.1) is 13.2 Å². The van der Waals surface area contributed by atoms with Crippen LogP contribution in [0.5, 0.6) is 0 Å². The molecule has 0 saturated heterocycles. The van der Waals surface area contributed by atoms with Crippen molar-refractivity contribution in [2.75, 3.05) is 13.2 Å². The zero-order chi connectivity index (χ0) is 14.0. The summed E-state index contributed by atoms with van der Waals surface area (Å²) in [5.41, 5.74) is 0. The van der Waals surface area contributed by atoms with Crippen LogP contribution in [0.1, 0.15) is 46.5 Å². The second kappa shape index (κ2) is 9.44. The number of carbonyl (C=O) groups excluding carboxylic acids is 3. The summed E-state index contributed by atoms with van der Waals surface area (Å²) >= 11 is 0. The number of imide groups is 3. The number of rotatable bonds is 6. The summed E-state index contributed by atoms with van der Waals surface area (Å²) in [5, 5.41) is 0. The normalized spacial score (nSPS) is 9.72. The van der Waals surface area contributed by atoms with Crippen molar-refractivity contribution in [1.29, 1.82) is 0 Å². The Morgan fingerprint density at radius 3 is 1.56 bits per heavy atom. The molecule has 0 atom stereocenters. The molecule has 0 spiro atoms. The highest BCUT2D eigenvalue weighted by atomic mass is 16.6. The first-order valence-corrected chi connectivity index (χ1v) is 6.18. The fourth-order valence-electron chi connectivity index (χ4n) is 1.07. The molecule has 0 aliphatic heterocycles. The first-order chi connectivity index (χ1) is 8.54. The van der Waals surface area contributed by atoms with Gasteiger partial charge in [-0.15, -0.1) is 4.90 Å². The van der Waals surface area contributed by atoms with Gasteiger partial charge in [-0.3, -0.25) is 4.79 Å². The Morgan fingerprint density at radius 2 is 1.28 bits per heavy atom. The highest BCUT2D eigenvalue weighted by Crippen LogP contribution is 2.02. The first-order valence-electron chi connectivity index (χ1n) is 6.18. The van der Waals surface area contributed by atoms with E-state index in [1.807, 2.05) is 13.8 Å². The zero-order valence-corrected chi connectivity index (χ0v) is 11.2. The number of unbranched alkanes of at least 4 members (excludes halogenated alkanes) is 2. The highest BCUT2D eigenvalue weighted by molar-refractivity contribution is 6.05. The molecule has 0 fully saturated rings. The van der Waals surface area contributed by atoms with Crippen molar-refractivity contribution in [3.05, 3.63) is 0 Å². The second-order valence-corrected chi connectivity index (χ2v) is 3.79. The van der Waals surface area contributed by atoms with E-state index in [2.05, 4.69) is 0 Å². The van der Waals surface area contributed by atoms with E-state index in [0.717, 1.165) is 19.8 Å². The summed E-state index contributed by atoms with van der Waals surface area (Å²) in [6.07, 6.45) is 1.13. The zero-order valence-electron chi connectivity index (χ0n) is 11.2. The maximum Gasteiger partial charge on any atom is 0.426 e. The fourth-order valence-corrected chi connectivity index (χ4v) is 1.07. The Hall–Kier alpha value is -1.59. The van der Waals surface area contributed by atoms with Crippen molar-refractivity contribution in [2.45, 2.75) is 46.5 Å². The Balaban J connectivity index is 4.31. The van der Waals surface area contributed by atoms with Crippen molar-refractivity contribution in [3.63, 3.8) is 0 Å². The van der Waals surface area contributed by atoms with Crippen LogP contribution in [0.4, 0.5) is 9.59 Å². The molecule has 6 nitrogen and oxygen atoms in total. The molecule has 0 unspecified atom stereocenters. The molecule has 0 aliphatic rings. The molecule has 18 heavy (non-hydrogen) atoms. The Morgan fingerprint density at radius 1 is 0.889 bits per heavy atom. The van der Waals surface area contributed by atoms with Gasteiger partial charge in [-0.25, -0.2) is 9.59 Å². The molecule has 0 rings (SSSR count). The molecule has 0 aromatic carbocycles. The maximum atomic E-state index is 11.5. The maximum absolute atomic E-state index is 11.5. The minimum atomic E-state index is -0.975. The summed E-state index contributed by atoms with van der Waals surface area (Å²) in [5.74, 6) is -0.710. The molecule has 0 aliphatic carbocycles. The summed E-state index contributed by atoms with van der Waals surface area (Å²) in [7, 11) is 0. The number of amides is 3. The topological polar surface area (TPSA) is 72.9 Å². The Labute approximate surface area is 107 Å². The fraction of sp³-hybridized carbons (Fsp3) is 0.750. The summed E-state index contributed by atoms with van der Waals surface area (Å²) < 4.78 is 9.60. The molecule has 0 aromatic heterocycles. The number of nitrogens with zero attached hydrogens (tertiary/aromatic N) is 1. The van der Waals surface area contributed by atoms with Gasteiger partial charge in [0.15, 0.2) is 0 Å². The van der Waals surface area contributed by atoms with Gasteiger partial charge in [-0.1, -0.05) is 26.7 Å². The van der Waals surface area contributed by atoms with Crippen LogP contribution in [0.25, 0.3) is 0 Å². The predicted octanol–water partition coefficient (Wildman–Crippen LogP) is 2.71. The third-order valence-corrected chi connectivity index (χ3v) is 2.13. The van der Waals surface area contributed by atoms with E-state index >= 15 is 0 Å². The van der Waals surface area contributed by atoms with E-state index in [4.69, 9.17) is 9.47 Å². The number of hydrogen-bond acceptors (Lipinski definition) is 5. The smallest absolute Gasteiger partial charge is 0.426 e. The lowest BCUT2D eigenvalue weighted by atomic mass is 10.4. The molecule has 6 heteroatoms. The van der Waals surface area contributed by atoms with E-state index in [1.54, 1.807) is 0 Å². The molecule has 0 heterocycles. The average Bonchev–Trinajstić information content (AvgIpc) is 2.29. The van der Waals surface area contributed by atoms with Gasteiger partial charge in [0, 0.05) is 6.92 Å². The molecule has 0 N–H and O–H groups in total. The van der Waals surface area contributed by atoms with Crippen LogP contribution in [-0.2, 0) is 14.3 Å². The molecular formula is C12H21NO5. The molecular weight excluding hydrogens is 238 g/mol. The highest BCUT2D eigenvalue weighted by Gasteiger charge is 2.28. The summed E-state index contributed by atoms with van der Waals surface area (Å²) in [6.45, 7) is 5.36. The standard InChI is InChI=1S/C12H21NO5/c1-4-6-8-17-11(15)13(10(3)14)12(16)18-9-7-5-2/h4-9H2,1-3H3. The van der Waals surface area contributed by atoms with Crippen LogP contribution in [0.2, 0.25) is 0 Å². The van der Waals surface area contributed by atoms with Crippen molar-refractivity contribution in [1.82, 2.24) is 4.90 Å². The lowest BCUT2D eigenvalue weighted by Crippen LogP contribution is -2.41. The quantitative estimate of drug-likeness (QED) is 0.686. The van der Waals surface area contributed by atoms with Gasteiger partial charge in [0.25, 0.3) is 0 Å². The average molecular weight is 259 g/mol. The largest absolute Gasteiger partial charge is 0.449 e. The van der Waals surface area contributed by atoms with E-state index in [0.29, 0.717) is 17.7 Å². The van der Waals surface area contributed by atoms with Crippen molar-refractivity contribution < 1.29 is 23.9 Å². The van der Waals surface area contributed by atoms with Gasteiger partial charge in [0.2, 0.25) is 5.91 Å². The summed E-state index contributed by atoms with van der Waals surface area (Å²) in [4.78, 5) is 34.6. The lowest BCUT2D eigenvalue weighted by Gasteiger charge is -2.16. The van der Waals surface area contributed by atoms with Gasteiger partial charge in [-0.2, -0.15) is 0 Å². The monoisotopic (exact) mass is 259 g/mol. The van der Waals surface area contributed by atoms with Gasteiger partial charge >= 0.3 is 12.2 Å². The minimum Gasteiger partial charge on any atom is -0.449 e. The van der Waals surface area contributed by atoms with Crippen LogP contribution < -0.4 is 0 Å². The third-order valence-electron chi connectivity index (χ3n) is 2.13. The third kappa shape index (κ3) is 6.22. The van der Waals surface area contributed by atoms with Crippen LogP contribution in [0, 0.1) is 0 Å². The number of ether oxygens (including phenoxy) is 2. The van der Waals surface area contributed by atoms with Crippen molar-refractivity contribution in [2.24, 2.45) is 0 Å². The molecule has 0 aromatic rings. The van der Waals surface area contributed by atoms with Gasteiger partial charge < -0.3 is 9.47 Å². The SMILES string of the molecule is CCCCOC(=O)N(C(C)=O)C(=O)OCCCC. The number of hydrogen-bond donors (Lipinski definition) is 0. The van der Waals surface area contributed by atoms with Crippen molar-refractivity contribution >= 4 is 18.1 Å². The second-order valence-electron chi connectivity index (χ2n) is 3.79. The molecule has 3 amide bonds. The van der Waals surface area contributed by atoms with Crippen molar-refractivity contribution in [3.8, 4) is 0 Å². The summed E-state index contributed by atoms with van der Waals surface area (Å²) in [6, 6.07) is 0. The van der Waals surface area contributed by atoms with E-state index < -0.39 is 18.1 Å². The van der Waals surface area contributed by atoms with Crippen LogP contribution in [0.15, 0.2) is 0 Å². The Kier molecular flexibility index (Phi) is 8.61. The molecule has 0 radical (unpaired) electrons.